The highest BCUT2D eigenvalue weighted by Gasteiger charge is 2.27. The van der Waals surface area contributed by atoms with Crippen LogP contribution >= 0.6 is 0 Å². The third kappa shape index (κ3) is 6.69. The molecular weight excluding hydrogens is 302 g/mol. The zero-order valence-electron chi connectivity index (χ0n) is 15.7. The predicted molar refractivity (Wildman–Crippen MR) is 97.9 cm³/mol. The Labute approximate surface area is 147 Å². The Morgan fingerprint density at radius 1 is 1.04 bits per heavy atom. The summed E-state index contributed by atoms with van der Waals surface area (Å²) >= 11 is 0. The molecule has 24 heavy (non-hydrogen) atoms. The van der Waals surface area contributed by atoms with Crippen molar-refractivity contribution in [3.8, 4) is 0 Å². The number of nitrogens with zero attached hydrogens (tertiary/aromatic N) is 2. The van der Waals surface area contributed by atoms with Crippen molar-refractivity contribution in [2.45, 2.75) is 71.0 Å². The Morgan fingerprint density at radius 3 is 2.29 bits per heavy atom. The number of likely N-dealkylation sites (tertiary alicyclic amines) is 1. The lowest BCUT2D eigenvalue weighted by Crippen LogP contribution is -2.48. The molecule has 140 valence electrons. The van der Waals surface area contributed by atoms with Gasteiger partial charge in [0.2, 0.25) is 5.91 Å². The van der Waals surface area contributed by atoms with Gasteiger partial charge in [-0.15, -0.1) is 0 Å². The van der Waals surface area contributed by atoms with Crippen LogP contribution in [-0.2, 0) is 9.53 Å². The van der Waals surface area contributed by atoms with Crippen LogP contribution in [-0.4, -0.2) is 67.2 Å². The van der Waals surface area contributed by atoms with Gasteiger partial charge in [-0.05, 0) is 52.0 Å². The molecule has 2 heterocycles. The normalized spacial score (nSPS) is 26.7. The average molecular weight is 340 g/mol. The molecule has 2 aliphatic heterocycles. The SMILES string of the molecule is CC1CN(CC2CCN(C(=O)CCCCCCN)CC2)CC(C)O1. The van der Waals surface area contributed by atoms with Crippen LogP contribution < -0.4 is 5.73 Å². The van der Waals surface area contributed by atoms with Crippen LogP contribution in [0.3, 0.4) is 0 Å². The van der Waals surface area contributed by atoms with Crippen molar-refractivity contribution < 1.29 is 9.53 Å². The van der Waals surface area contributed by atoms with E-state index in [1.165, 1.54) is 6.54 Å². The zero-order valence-corrected chi connectivity index (χ0v) is 15.7. The second-order valence-electron chi connectivity index (χ2n) is 7.75. The molecule has 0 aromatic heterocycles. The highest BCUT2D eigenvalue weighted by atomic mass is 16.5. The summed E-state index contributed by atoms with van der Waals surface area (Å²) in [7, 11) is 0. The summed E-state index contributed by atoms with van der Waals surface area (Å²) < 4.78 is 5.81. The number of amides is 1. The van der Waals surface area contributed by atoms with Crippen LogP contribution in [0.1, 0.15) is 58.8 Å². The average Bonchev–Trinajstić information content (AvgIpc) is 2.54. The van der Waals surface area contributed by atoms with Gasteiger partial charge in [-0.3, -0.25) is 9.69 Å². The predicted octanol–water partition coefficient (Wildman–Crippen LogP) is 2.24. The highest BCUT2D eigenvalue weighted by molar-refractivity contribution is 5.76. The summed E-state index contributed by atoms with van der Waals surface area (Å²) in [5.41, 5.74) is 5.50. The molecule has 5 nitrogen and oxygen atoms in total. The van der Waals surface area contributed by atoms with Gasteiger partial charge in [0.15, 0.2) is 0 Å². The van der Waals surface area contributed by atoms with E-state index in [1.807, 2.05) is 0 Å². The molecule has 2 rings (SSSR count). The fourth-order valence-electron chi connectivity index (χ4n) is 4.10. The van der Waals surface area contributed by atoms with E-state index in [-0.39, 0.29) is 0 Å². The fraction of sp³-hybridized carbons (Fsp3) is 0.947. The molecule has 0 saturated carbocycles. The topological polar surface area (TPSA) is 58.8 Å². The number of morpholine rings is 1. The molecule has 0 bridgehead atoms. The monoisotopic (exact) mass is 339 g/mol. The van der Waals surface area contributed by atoms with E-state index in [9.17, 15) is 4.79 Å². The van der Waals surface area contributed by atoms with Crippen molar-refractivity contribution in [1.82, 2.24) is 9.80 Å². The Balaban J connectivity index is 1.61. The van der Waals surface area contributed by atoms with E-state index < -0.39 is 0 Å². The van der Waals surface area contributed by atoms with Crippen LogP contribution in [0.2, 0.25) is 0 Å². The largest absolute Gasteiger partial charge is 0.373 e. The lowest BCUT2D eigenvalue weighted by Gasteiger charge is -2.39. The molecule has 1 amide bonds. The van der Waals surface area contributed by atoms with E-state index in [4.69, 9.17) is 10.5 Å². The van der Waals surface area contributed by atoms with Crippen LogP contribution in [0, 0.1) is 5.92 Å². The van der Waals surface area contributed by atoms with E-state index in [2.05, 4.69) is 23.6 Å². The van der Waals surface area contributed by atoms with Gasteiger partial charge in [0.25, 0.3) is 0 Å². The molecule has 0 radical (unpaired) electrons. The number of hydrogen-bond acceptors (Lipinski definition) is 4. The van der Waals surface area contributed by atoms with Crippen LogP contribution in [0.5, 0.6) is 0 Å². The molecule has 0 spiro atoms. The summed E-state index contributed by atoms with van der Waals surface area (Å²) in [5, 5.41) is 0. The number of ether oxygens (including phenoxy) is 1. The molecule has 0 aliphatic carbocycles. The first-order chi connectivity index (χ1) is 11.6. The molecule has 2 fully saturated rings. The van der Waals surface area contributed by atoms with E-state index in [1.54, 1.807) is 0 Å². The van der Waals surface area contributed by atoms with Gasteiger partial charge in [-0.1, -0.05) is 12.8 Å². The number of nitrogens with two attached hydrogens (primary N) is 1. The lowest BCUT2D eigenvalue weighted by molar-refractivity contribution is -0.133. The summed E-state index contributed by atoms with van der Waals surface area (Å²) in [4.78, 5) is 16.9. The van der Waals surface area contributed by atoms with Crippen molar-refractivity contribution in [3.05, 3.63) is 0 Å². The first-order valence-corrected chi connectivity index (χ1v) is 9.94. The summed E-state index contributed by atoms with van der Waals surface area (Å²) in [6, 6.07) is 0. The molecule has 2 saturated heterocycles. The molecule has 0 aromatic rings. The van der Waals surface area contributed by atoms with Gasteiger partial charge in [-0.2, -0.15) is 0 Å². The maximum absolute atomic E-state index is 12.3. The van der Waals surface area contributed by atoms with Crippen LogP contribution in [0.25, 0.3) is 0 Å². The molecule has 2 aliphatic rings. The zero-order chi connectivity index (χ0) is 17.4. The first kappa shape index (κ1) is 19.7. The minimum atomic E-state index is 0.342. The van der Waals surface area contributed by atoms with E-state index >= 15 is 0 Å². The molecule has 2 atom stereocenters. The second-order valence-corrected chi connectivity index (χ2v) is 7.75. The Kier molecular flexibility index (Phi) is 8.50. The van der Waals surface area contributed by atoms with Gasteiger partial charge in [0, 0.05) is 39.1 Å². The van der Waals surface area contributed by atoms with Crippen molar-refractivity contribution in [3.63, 3.8) is 0 Å². The molecule has 5 heteroatoms. The molecule has 2 unspecified atom stereocenters. The smallest absolute Gasteiger partial charge is 0.222 e. The Bertz CT molecular complexity index is 360. The number of piperidine rings is 1. The third-order valence-corrected chi connectivity index (χ3v) is 5.32. The minimum absolute atomic E-state index is 0.342. The van der Waals surface area contributed by atoms with E-state index in [0.717, 1.165) is 77.2 Å². The maximum Gasteiger partial charge on any atom is 0.222 e. The van der Waals surface area contributed by atoms with E-state index in [0.29, 0.717) is 24.5 Å². The Morgan fingerprint density at radius 2 is 1.67 bits per heavy atom. The standard InChI is InChI=1S/C19H37N3O2/c1-16-13-21(14-17(2)24-16)15-18-8-11-22(12-9-18)19(23)7-5-3-4-6-10-20/h16-18H,3-15,20H2,1-2H3. The quantitative estimate of drug-likeness (QED) is 0.689. The number of unbranched alkanes of at least 4 members (excludes halogenated alkanes) is 3. The molecule has 0 aromatic carbocycles. The second kappa shape index (κ2) is 10.4. The lowest BCUT2D eigenvalue weighted by atomic mass is 9.95. The summed E-state index contributed by atoms with van der Waals surface area (Å²) in [5.74, 6) is 1.09. The highest BCUT2D eigenvalue weighted by Crippen LogP contribution is 2.21. The van der Waals surface area contributed by atoms with Crippen LogP contribution in [0.15, 0.2) is 0 Å². The van der Waals surface area contributed by atoms with Crippen molar-refractivity contribution in [2.24, 2.45) is 11.7 Å². The van der Waals surface area contributed by atoms with Crippen molar-refractivity contribution in [1.29, 1.82) is 0 Å². The molecule has 2 N–H and O–H groups in total. The number of carbonyl (C=O) groups is 1. The molecular formula is C19H37N3O2. The minimum Gasteiger partial charge on any atom is -0.373 e. The Hall–Kier alpha value is -0.650. The first-order valence-electron chi connectivity index (χ1n) is 9.94. The third-order valence-electron chi connectivity index (χ3n) is 5.32. The van der Waals surface area contributed by atoms with Crippen molar-refractivity contribution in [2.75, 3.05) is 39.3 Å². The maximum atomic E-state index is 12.3. The van der Waals surface area contributed by atoms with Crippen LogP contribution in [0.4, 0.5) is 0 Å². The summed E-state index contributed by atoms with van der Waals surface area (Å²) in [6.07, 6.45) is 8.09. The number of rotatable bonds is 8. The van der Waals surface area contributed by atoms with Gasteiger partial charge >= 0.3 is 0 Å². The number of hydrogen-bond donors (Lipinski definition) is 1. The van der Waals surface area contributed by atoms with Crippen molar-refractivity contribution >= 4 is 5.91 Å². The van der Waals surface area contributed by atoms with Gasteiger partial charge in [-0.25, -0.2) is 0 Å². The van der Waals surface area contributed by atoms with Gasteiger partial charge in [0.1, 0.15) is 0 Å². The van der Waals surface area contributed by atoms with Gasteiger partial charge < -0.3 is 15.4 Å². The fourth-order valence-corrected chi connectivity index (χ4v) is 4.10. The number of carbonyl (C=O) groups excluding carboxylic acids is 1. The van der Waals surface area contributed by atoms with Gasteiger partial charge in [0.05, 0.1) is 12.2 Å². The summed E-state index contributed by atoms with van der Waals surface area (Å²) in [6.45, 7) is 10.2.